The molecule has 1 saturated heterocycles. The molecule has 1 aliphatic rings. The molecule has 0 saturated carbocycles. The first kappa shape index (κ1) is 12.7. The summed E-state index contributed by atoms with van der Waals surface area (Å²) in [5.74, 6) is -1.14. The highest BCUT2D eigenvalue weighted by Gasteiger charge is 2.18. The quantitative estimate of drug-likeness (QED) is 0.902. The van der Waals surface area contributed by atoms with Crippen molar-refractivity contribution < 1.29 is 8.78 Å². The van der Waals surface area contributed by atoms with E-state index < -0.39 is 11.6 Å². The number of benzene rings is 1. The average Bonchev–Trinajstić information content (AvgIpc) is 2.88. The van der Waals surface area contributed by atoms with Crippen LogP contribution >= 0.6 is 11.3 Å². The fraction of sp³-hybridized carbons (Fsp3) is 0.357. The molecule has 5 heteroatoms. The zero-order chi connectivity index (χ0) is 13.2. The first-order chi connectivity index (χ1) is 9.22. The van der Waals surface area contributed by atoms with E-state index >= 15 is 0 Å². The van der Waals surface area contributed by atoms with Gasteiger partial charge in [0.25, 0.3) is 0 Å². The molecule has 1 N–H and O–H groups in total. The lowest BCUT2D eigenvalue weighted by atomic mass is 10.1. The second-order valence-electron chi connectivity index (χ2n) is 4.73. The third kappa shape index (κ3) is 2.82. The molecule has 1 atom stereocenters. The van der Waals surface area contributed by atoms with E-state index in [1.807, 2.05) is 5.38 Å². The van der Waals surface area contributed by atoms with Gasteiger partial charge in [0.05, 0.1) is 11.7 Å². The predicted molar refractivity (Wildman–Crippen MR) is 72.1 cm³/mol. The van der Waals surface area contributed by atoms with Crippen molar-refractivity contribution in [3.05, 3.63) is 40.2 Å². The van der Waals surface area contributed by atoms with Gasteiger partial charge in [0.2, 0.25) is 0 Å². The van der Waals surface area contributed by atoms with Crippen LogP contribution in [0.15, 0.2) is 23.6 Å². The van der Waals surface area contributed by atoms with Crippen molar-refractivity contribution in [2.24, 2.45) is 0 Å². The Kier molecular flexibility index (Phi) is 3.57. The highest BCUT2D eigenvalue weighted by molar-refractivity contribution is 7.10. The number of thiazole rings is 1. The van der Waals surface area contributed by atoms with Crippen molar-refractivity contribution in [1.29, 1.82) is 0 Å². The van der Waals surface area contributed by atoms with Crippen LogP contribution in [0.5, 0.6) is 0 Å². The van der Waals surface area contributed by atoms with Gasteiger partial charge < -0.3 is 5.32 Å². The highest BCUT2D eigenvalue weighted by atomic mass is 32.1. The van der Waals surface area contributed by atoms with Gasteiger partial charge in [-0.15, -0.1) is 11.3 Å². The van der Waals surface area contributed by atoms with Crippen molar-refractivity contribution in [2.75, 3.05) is 6.54 Å². The van der Waals surface area contributed by atoms with Gasteiger partial charge in [-0.25, -0.2) is 13.8 Å². The van der Waals surface area contributed by atoms with Crippen molar-refractivity contribution in [3.63, 3.8) is 0 Å². The Hall–Kier alpha value is -1.33. The van der Waals surface area contributed by atoms with Crippen LogP contribution in [0.1, 0.15) is 30.3 Å². The zero-order valence-electron chi connectivity index (χ0n) is 10.3. The van der Waals surface area contributed by atoms with E-state index in [0.29, 0.717) is 11.3 Å². The lowest BCUT2D eigenvalue weighted by molar-refractivity contribution is 0.411. The van der Waals surface area contributed by atoms with Crippen LogP contribution in [-0.2, 0) is 0 Å². The van der Waals surface area contributed by atoms with Gasteiger partial charge in [-0.3, -0.25) is 0 Å². The summed E-state index contributed by atoms with van der Waals surface area (Å²) >= 11 is 1.54. The van der Waals surface area contributed by atoms with Crippen LogP contribution in [0.2, 0.25) is 0 Å². The molecule has 1 unspecified atom stereocenters. The normalized spacial score (nSPS) is 19.6. The molecule has 1 aromatic carbocycles. The topological polar surface area (TPSA) is 24.9 Å². The van der Waals surface area contributed by atoms with Crippen molar-refractivity contribution >= 4 is 11.3 Å². The fourth-order valence-corrected chi connectivity index (χ4v) is 3.28. The van der Waals surface area contributed by atoms with Crippen molar-refractivity contribution in [1.82, 2.24) is 10.3 Å². The van der Waals surface area contributed by atoms with Gasteiger partial charge in [0.1, 0.15) is 16.6 Å². The first-order valence-electron chi connectivity index (χ1n) is 6.37. The van der Waals surface area contributed by atoms with E-state index in [1.54, 1.807) is 11.3 Å². The average molecular weight is 280 g/mol. The summed E-state index contributed by atoms with van der Waals surface area (Å²) in [5, 5.41) is 6.28. The molecule has 2 nitrogen and oxygen atoms in total. The molecule has 0 bridgehead atoms. The summed E-state index contributed by atoms with van der Waals surface area (Å²) < 4.78 is 26.4. The molecule has 0 aliphatic carbocycles. The number of nitrogens with zero attached hydrogens (tertiary/aromatic N) is 1. The van der Waals surface area contributed by atoms with E-state index in [4.69, 9.17) is 0 Å². The van der Waals surface area contributed by atoms with Crippen LogP contribution in [0.25, 0.3) is 11.3 Å². The molecule has 2 aromatic rings. The monoisotopic (exact) mass is 280 g/mol. The van der Waals surface area contributed by atoms with Gasteiger partial charge in [0, 0.05) is 17.0 Å². The minimum atomic E-state index is -0.569. The van der Waals surface area contributed by atoms with E-state index in [0.717, 1.165) is 24.0 Å². The van der Waals surface area contributed by atoms with E-state index in [-0.39, 0.29) is 6.04 Å². The number of halogens is 2. The van der Waals surface area contributed by atoms with E-state index in [9.17, 15) is 8.78 Å². The molecule has 19 heavy (non-hydrogen) atoms. The zero-order valence-corrected chi connectivity index (χ0v) is 11.1. The minimum Gasteiger partial charge on any atom is -0.308 e. The smallest absolute Gasteiger partial charge is 0.126 e. The van der Waals surface area contributed by atoms with Gasteiger partial charge in [-0.1, -0.05) is 6.42 Å². The molecular weight excluding hydrogens is 266 g/mol. The third-order valence-corrected chi connectivity index (χ3v) is 4.25. The number of nitrogens with one attached hydrogen (secondary N) is 1. The number of piperidine rings is 1. The first-order valence-corrected chi connectivity index (χ1v) is 7.25. The minimum absolute atomic E-state index is 0.283. The van der Waals surface area contributed by atoms with Gasteiger partial charge in [-0.05, 0) is 31.5 Å². The lowest BCUT2D eigenvalue weighted by Gasteiger charge is -2.21. The number of hydrogen-bond acceptors (Lipinski definition) is 3. The second-order valence-corrected chi connectivity index (χ2v) is 5.62. The van der Waals surface area contributed by atoms with Crippen LogP contribution in [0.3, 0.4) is 0 Å². The maximum atomic E-state index is 13.2. The Labute approximate surface area is 114 Å². The summed E-state index contributed by atoms with van der Waals surface area (Å²) in [6.45, 7) is 1.01. The number of hydrogen-bond donors (Lipinski definition) is 1. The maximum absolute atomic E-state index is 13.2. The predicted octanol–water partition coefficient (Wildman–Crippen LogP) is 3.90. The molecule has 1 aliphatic heterocycles. The number of rotatable bonds is 2. The van der Waals surface area contributed by atoms with Crippen molar-refractivity contribution in [3.8, 4) is 11.3 Å². The fourth-order valence-electron chi connectivity index (χ4n) is 2.34. The molecule has 1 fully saturated rings. The Morgan fingerprint density at radius 1 is 1.16 bits per heavy atom. The third-order valence-electron chi connectivity index (χ3n) is 3.29. The molecule has 0 spiro atoms. The Morgan fingerprint density at radius 2 is 1.95 bits per heavy atom. The molecular formula is C14H14F2N2S. The van der Waals surface area contributed by atoms with Crippen LogP contribution in [0, 0.1) is 11.6 Å². The molecule has 2 heterocycles. The highest BCUT2D eigenvalue weighted by Crippen LogP contribution is 2.30. The van der Waals surface area contributed by atoms with E-state index in [2.05, 4.69) is 10.3 Å². The SMILES string of the molecule is Fc1cc(F)cc(-c2csc(C3CCCCN3)n2)c1. The van der Waals surface area contributed by atoms with Crippen molar-refractivity contribution in [2.45, 2.75) is 25.3 Å². The summed E-state index contributed by atoms with van der Waals surface area (Å²) in [7, 11) is 0. The summed E-state index contributed by atoms with van der Waals surface area (Å²) in [4.78, 5) is 4.51. The van der Waals surface area contributed by atoms with Gasteiger partial charge in [-0.2, -0.15) is 0 Å². The molecule has 0 amide bonds. The van der Waals surface area contributed by atoms with Crippen LogP contribution in [0.4, 0.5) is 8.78 Å². The van der Waals surface area contributed by atoms with Crippen LogP contribution < -0.4 is 5.32 Å². The second kappa shape index (κ2) is 5.35. The summed E-state index contributed by atoms with van der Waals surface area (Å²) in [5.41, 5.74) is 1.14. The summed E-state index contributed by atoms with van der Waals surface area (Å²) in [6.07, 6.45) is 3.47. The standard InChI is InChI=1S/C14H14F2N2S/c15-10-5-9(6-11(16)7-10)13-8-19-14(18-13)12-3-1-2-4-17-12/h5-8,12,17H,1-4H2. The van der Waals surface area contributed by atoms with E-state index in [1.165, 1.54) is 25.0 Å². The van der Waals surface area contributed by atoms with Gasteiger partial charge in [0.15, 0.2) is 0 Å². The Morgan fingerprint density at radius 3 is 2.63 bits per heavy atom. The molecule has 1 aromatic heterocycles. The molecule has 3 rings (SSSR count). The Balaban J connectivity index is 1.87. The lowest BCUT2D eigenvalue weighted by Crippen LogP contribution is -2.26. The summed E-state index contributed by atoms with van der Waals surface area (Å²) in [6, 6.07) is 3.79. The van der Waals surface area contributed by atoms with Crippen LogP contribution in [-0.4, -0.2) is 11.5 Å². The largest absolute Gasteiger partial charge is 0.308 e. The molecule has 0 radical (unpaired) electrons. The van der Waals surface area contributed by atoms with Gasteiger partial charge >= 0.3 is 0 Å². The Bertz CT molecular complexity index is 556. The maximum Gasteiger partial charge on any atom is 0.126 e. The number of aromatic nitrogens is 1. The molecule has 100 valence electrons.